The molecule has 1 fully saturated rings. The highest BCUT2D eigenvalue weighted by molar-refractivity contribution is 5.92. The first-order chi connectivity index (χ1) is 9.13. The molecule has 0 aliphatic carbocycles. The first-order valence-corrected chi connectivity index (χ1v) is 6.40. The van der Waals surface area contributed by atoms with E-state index in [-0.39, 0.29) is 18.8 Å². The van der Waals surface area contributed by atoms with E-state index in [4.69, 9.17) is 10.5 Å². The summed E-state index contributed by atoms with van der Waals surface area (Å²) in [5.74, 6) is -0.420. The lowest BCUT2D eigenvalue weighted by atomic mass is 10.1. The third-order valence-corrected chi connectivity index (χ3v) is 3.63. The Morgan fingerprint density at radius 3 is 3.00 bits per heavy atom. The van der Waals surface area contributed by atoms with Gasteiger partial charge in [-0.05, 0) is 24.1 Å². The molecule has 3 N–H and O–H groups in total. The molecule has 0 unspecified atom stereocenters. The first-order valence-electron chi connectivity index (χ1n) is 6.40. The van der Waals surface area contributed by atoms with Crippen LogP contribution in [0.1, 0.15) is 22.3 Å². The maximum Gasteiger partial charge on any atom is 0.248 e. The van der Waals surface area contributed by atoms with Gasteiger partial charge in [-0.3, -0.25) is 9.69 Å². The average molecular weight is 264 g/mol. The molecule has 19 heavy (non-hydrogen) atoms. The maximum absolute atomic E-state index is 11.2. The molecule has 0 spiro atoms. The first kappa shape index (κ1) is 14.0. The number of carbonyl (C=O) groups excluding carboxylic acids is 1. The minimum Gasteiger partial charge on any atom is -0.395 e. The summed E-state index contributed by atoms with van der Waals surface area (Å²) in [7, 11) is 1.69. The van der Waals surface area contributed by atoms with Crippen molar-refractivity contribution in [3.05, 3.63) is 35.4 Å². The normalized spacial score (nSPS) is 23.7. The van der Waals surface area contributed by atoms with Gasteiger partial charge in [-0.2, -0.15) is 0 Å². The number of ether oxygens (including phenoxy) is 1. The van der Waals surface area contributed by atoms with Crippen LogP contribution in [0.4, 0.5) is 0 Å². The zero-order chi connectivity index (χ0) is 13.8. The van der Waals surface area contributed by atoms with Crippen LogP contribution in [0.5, 0.6) is 0 Å². The minimum absolute atomic E-state index is 0.113. The minimum atomic E-state index is -0.420. The number of nitrogens with two attached hydrogens (primary N) is 1. The second-order valence-corrected chi connectivity index (χ2v) is 4.92. The van der Waals surface area contributed by atoms with Crippen LogP contribution < -0.4 is 5.73 Å². The molecule has 1 amide bonds. The van der Waals surface area contributed by atoms with Gasteiger partial charge in [-0.1, -0.05) is 12.1 Å². The van der Waals surface area contributed by atoms with Gasteiger partial charge in [0.05, 0.1) is 12.7 Å². The van der Waals surface area contributed by atoms with Gasteiger partial charge in [-0.15, -0.1) is 0 Å². The predicted octanol–water partition coefficient (Wildman–Crippen LogP) is 0.367. The number of aliphatic hydroxyl groups excluding tert-OH is 1. The highest BCUT2D eigenvalue weighted by atomic mass is 16.5. The largest absolute Gasteiger partial charge is 0.395 e. The van der Waals surface area contributed by atoms with Gasteiger partial charge in [0.2, 0.25) is 5.91 Å². The second-order valence-electron chi connectivity index (χ2n) is 4.92. The molecule has 1 saturated heterocycles. The Labute approximate surface area is 113 Å². The molecule has 0 radical (unpaired) electrons. The smallest absolute Gasteiger partial charge is 0.248 e. The van der Waals surface area contributed by atoms with Crippen molar-refractivity contribution in [2.75, 3.05) is 20.3 Å². The second kappa shape index (κ2) is 6.14. The lowest BCUT2D eigenvalue weighted by Gasteiger charge is -2.22. The van der Waals surface area contributed by atoms with Crippen molar-refractivity contribution < 1.29 is 14.6 Å². The lowest BCUT2D eigenvalue weighted by Crippen LogP contribution is -2.32. The van der Waals surface area contributed by atoms with Crippen LogP contribution in [0.2, 0.25) is 0 Å². The van der Waals surface area contributed by atoms with E-state index in [1.807, 2.05) is 12.1 Å². The summed E-state index contributed by atoms with van der Waals surface area (Å²) >= 11 is 0. The van der Waals surface area contributed by atoms with Crippen LogP contribution in [0.3, 0.4) is 0 Å². The molecule has 2 rings (SSSR count). The van der Waals surface area contributed by atoms with Gasteiger partial charge in [0.15, 0.2) is 0 Å². The van der Waals surface area contributed by atoms with Crippen molar-refractivity contribution in [1.82, 2.24) is 4.90 Å². The van der Waals surface area contributed by atoms with Crippen LogP contribution in [0.25, 0.3) is 0 Å². The standard InChI is InChI=1S/C14H20N2O3/c1-19-13-6-12(9-17)16(8-13)7-10-3-2-4-11(5-10)14(15)18/h2-5,12-13,17H,6-9H2,1H3,(H2,15,18)/t12-,13+/m0/s1. The van der Waals surface area contributed by atoms with Crippen molar-refractivity contribution in [2.24, 2.45) is 5.73 Å². The van der Waals surface area contributed by atoms with Crippen LogP contribution in [0.15, 0.2) is 24.3 Å². The summed E-state index contributed by atoms with van der Waals surface area (Å²) in [6.07, 6.45) is 0.999. The number of primary amides is 1. The summed E-state index contributed by atoms with van der Waals surface area (Å²) in [6, 6.07) is 7.41. The molecule has 5 nitrogen and oxygen atoms in total. The fourth-order valence-electron chi connectivity index (χ4n) is 2.55. The molecule has 1 aromatic carbocycles. The molecule has 0 aromatic heterocycles. The van der Waals surface area contributed by atoms with E-state index >= 15 is 0 Å². The van der Waals surface area contributed by atoms with Crippen molar-refractivity contribution in [2.45, 2.75) is 25.1 Å². The molecule has 1 heterocycles. The van der Waals surface area contributed by atoms with Crippen molar-refractivity contribution in [3.8, 4) is 0 Å². The quantitative estimate of drug-likeness (QED) is 0.805. The Hall–Kier alpha value is -1.43. The fraction of sp³-hybridized carbons (Fsp3) is 0.500. The Bertz CT molecular complexity index is 450. The van der Waals surface area contributed by atoms with E-state index in [1.54, 1.807) is 19.2 Å². The molecule has 1 aliphatic heterocycles. The van der Waals surface area contributed by atoms with Gasteiger partial charge in [0, 0.05) is 31.8 Å². The molecule has 104 valence electrons. The highest BCUT2D eigenvalue weighted by Crippen LogP contribution is 2.22. The van der Waals surface area contributed by atoms with E-state index in [0.29, 0.717) is 12.1 Å². The van der Waals surface area contributed by atoms with E-state index in [9.17, 15) is 9.90 Å². The molecule has 2 atom stereocenters. The molecule has 1 aromatic rings. The van der Waals surface area contributed by atoms with Crippen LogP contribution in [-0.4, -0.2) is 48.3 Å². The summed E-state index contributed by atoms with van der Waals surface area (Å²) in [5, 5.41) is 9.40. The van der Waals surface area contributed by atoms with Crippen LogP contribution in [-0.2, 0) is 11.3 Å². The molecule has 5 heteroatoms. The number of hydrogen-bond donors (Lipinski definition) is 2. The summed E-state index contributed by atoms with van der Waals surface area (Å²) in [4.78, 5) is 13.3. The molecular weight excluding hydrogens is 244 g/mol. The Morgan fingerprint density at radius 1 is 1.58 bits per heavy atom. The zero-order valence-corrected chi connectivity index (χ0v) is 11.1. The molecular formula is C14H20N2O3. The topological polar surface area (TPSA) is 75.8 Å². The number of benzene rings is 1. The average Bonchev–Trinajstić information content (AvgIpc) is 2.81. The SMILES string of the molecule is CO[C@@H]1C[C@@H](CO)N(Cc2cccc(C(N)=O)c2)C1. The molecule has 1 aliphatic rings. The number of aliphatic hydroxyl groups is 1. The monoisotopic (exact) mass is 264 g/mol. The van der Waals surface area contributed by atoms with Crippen LogP contribution in [0, 0.1) is 0 Å². The number of hydrogen-bond acceptors (Lipinski definition) is 4. The van der Waals surface area contributed by atoms with E-state index in [2.05, 4.69) is 4.90 Å². The highest BCUT2D eigenvalue weighted by Gasteiger charge is 2.31. The molecule has 0 saturated carbocycles. The predicted molar refractivity (Wildman–Crippen MR) is 71.7 cm³/mol. The van der Waals surface area contributed by atoms with Gasteiger partial charge >= 0.3 is 0 Å². The number of nitrogens with zero attached hydrogens (tertiary/aromatic N) is 1. The number of methoxy groups -OCH3 is 1. The van der Waals surface area contributed by atoms with Gasteiger partial charge in [0.25, 0.3) is 0 Å². The van der Waals surface area contributed by atoms with Crippen molar-refractivity contribution >= 4 is 5.91 Å². The summed E-state index contributed by atoms with van der Waals surface area (Å²) in [5.41, 5.74) is 6.81. The van der Waals surface area contributed by atoms with E-state index in [1.165, 1.54) is 0 Å². The van der Waals surface area contributed by atoms with Crippen molar-refractivity contribution in [1.29, 1.82) is 0 Å². The lowest BCUT2D eigenvalue weighted by molar-refractivity contribution is 0.0999. The number of amides is 1. The van der Waals surface area contributed by atoms with Crippen LogP contribution >= 0.6 is 0 Å². The Balaban J connectivity index is 2.07. The van der Waals surface area contributed by atoms with E-state index in [0.717, 1.165) is 18.5 Å². The third kappa shape index (κ3) is 3.32. The van der Waals surface area contributed by atoms with Crippen molar-refractivity contribution in [3.63, 3.8) is 0 Å². The third-order valence-electron chi connectivity index (χ3n) is 3.63. The number of rotatable bonds is 5. The fourth-order valence-corrected chi connectivity index (χ4v) is 2.55. The molecule has 0 bridgehead atoms. The van der Waals surface area contributed by atoms with Gasteiger partial charge < -0.3 is 15.6 Å². The summed E-state index contributed by atoms with van der Waals surface area (Å²) in [6.45, 7) is 1.60. The Morgan fingerprint density at radius 2 is 2.37 bits per heavy atom. The summed E-state index contributed by atoms with van der Waals surface area (Å²) < 4.78 is 5.35. The van der Waals surface area contributed by atoms with Gasteiger partial charge in [-0.25, -0.2) is 0 Å². The van der Waals surface area contributed by atoms with Gasteiger partial charge in [0.1, 0.15) is 0 Å². The Kier molecular flexibility index (Phi) is 4.52. The number of carbonyl (C=O) groups is 1. The number of likely N-dealkylation sites (tertiary alicyclic amines) is 1. The van der Waals surface area contributed by atoms with E-state index < -0.39 is 5.91 Å². The zero-order valence-electron chi connectivity index (χ0n) is 11.1. The maximum atomic E-state index is 11.2.